The van der Waals surface area contributed by atoms with Crippen LogP contribution >= 0.6 is 0 Å². The summed E-state index contributed by atoms with van der Waals surface area (Å²) in [6.45, 7) is 10.3. The minimum Gasteiger partial charge on any atom is -0.399 e. The van der Waals surface area contributed by atoms with Crippen molar-refractivity contribution in [1.29, 1.82) is 0 Å². The summed E-state index contributed by atoms with van der Waals surface area (Å²) in [4.78, 5) is 4.37. The number of pyridine rings is 1. The largest absolute Gasteiger partial charge is 0.495 e. The molecule has 3 heterocycles. The van der Waals surface area contributed by atoms with Gasteiger partial charge in [-0.2, -0.15) is 0 Å². The van der Waals surface area contributed by atoms with Gasteiger partial charge in [-0.15, -0.1) is 0 Å². The number of aryl methyl sites for hydroxylation is 1. The molecule has 1 fully saturated rings. The summed E-state index contributed by atoms with van der Waals surface area (Å²) in [5.41, 5.74) is 2.43. The molecule has 4 nitrogen and oxygen atoms in total. The third kappa shape index (κ3) is 1.88. The van der Waals surface area contributed by atoms with E-state index in [4.69, 9.17) is 9.31 Å². The highest BCUT2D eigenvalue weighted by molar-refractivity contribution is 6.62. The molecule has 100 valence electrons. The molecule has 3 rings (SSSR count). The van der Waals surface area contributed by atoms with Crippen LogP contribution in [-0.2, 0) is 9.31 Å². The number of hydrogen-bond acceptors (Lipinski definition) is 3. The molecule has 0 aromatic carbocycles. The Hall–Kier alpha value is -1.33. The average molecular weight is 258 g/mol. The number of fused-ring (bicyclic) bond motifs is 1. The zero-order valence-electron chi connectivity index (χ0n) is 12.1. The van der Waals surface area contributed by atoms with Gasteiger partial charge in [0.15, 0.2) is 0 Å². The summed E-state index contributed by atoms with van der Waals surface area (Å²) < 4.78 is 14.1. The molecule has 0 atom stereocenters. The summed E-state index contributed by atoms with van der Waals surface area (Å²) >= 11 is 0. The quantitative estimate of drug-likeness (QED) is 0.733. The Balaban J connectivity index is 1.98. The van der Waals surface area contributed by atoms with Crippen LogP contribution in [0.2, 0.25) is 0 Å². The van der Waals surface area contributed by atoms with Gasteiger partial charge in [-0.25, -0.2) is 4.98 Å². The summed E-state index contributed by atoms with van der Waals surface area (Å²) in [5, 5.41) is 0. The van der Waals surface area contributed by atoms with Crippen LogP contribution in [0.5, 0.6) is 0 Å². The molecule has 0 radical (unpaired) electrons. The van der Waals surface area contributed by atoms with E-state index >= 15 is 0 Å². The molecule has 5 heteroatoms. The molecule has 0 N–H and O–H groups in total. The van der Waals surface area contributed by atoms with Crippen molar-refractivity contribution in [3.63, 3.8) is 0 Å². The first-order valence-corrected chi connectivity index (χ1v) is 6.59. The van der Waals surface area contributed by atoms with Gasteiger partial charge in [0.05, 0.1) is 11.2 Å². The second kappa shape index (κ2) is 3.84. The first kappa shape index (κ1) is 12.7. The molecule has 0 unspecified atom stereocenters. The van der Waals surface area contributed by atoms with Crippen LogP contribution in [0, 0.1) is 6.92 Å². The first-order chi connectivity index (χ1) is 8.80. The number of aromatic nitrogens is 2. The van der Waals surface area contributed by atoms with Crippen LogP contribution in [-0.4, -0.2) is 27.7 Å². The second-order valence-corrected chi connectivity index (χ2v) is 6.18. The van der Waals surface area contributed by atoms with Gasteiger partial charge in [-0.3, -0.25) is 0 Å². The summed E-state index contributed by atoms with van der Waals surface area (Å²) in [5.74, 6) is 0. The molecule has 2 aromatic heterocycles. The van der Waals surface area contributed by atoms with Crippen LogP contribution in [0.15, 0.2) is 24.5 Å². The minimum absolute atomic E-state index is 0.310. The van der Waals surface area contributed by atoms with E-state index in [9.17, 15) is 0 Å². The van der Waals surface area contributed by atoms with Gasteiger partial charge in [0.25, 0.3) is 0 Å². The standard InChI is InChI=1S/C14H19BN2O2/c1-10-9-16-12-8-11(6-7-17(10)12)15-18-13(2,3)14(4,5)19-15/h6-9H,1-5H3. The minimum atomic E-state index is -0.327. The molecule has 0 amide bonds. The smallest absolute Gasteiger partial charge is 0.399 e. The lowest BCUT2D eigenvalue weighted by Gasteiger charge is -2.32. The van der Waals surface area contributed by atoms with Crippen molar-refractivity contribution in [2.75, 3.05) is 0 Å². The van der Waals surface area contributed by atoms with E-state index in [0.717, 1.165) is 16.8 Å². The fraction of sp³-hybridized carbons (Fsp3) is 0.500. The molecule has 1 aliphatic heterocycles. The van der Waals surface area contributed by atoms with Gasteiger partial charge >= 0.3 is 7.12 Å². The molecule has 1 saturated heterocycles. The zero-order valence-corrected chi connectivity index (χ0v) is 12.1. The maximum absolute atomic E-state index is 6.05. The number of imidazole rings is 1. The first-order valence-electron chi connectivity index (χ1n) is 6.59. The average Bonchev–Trinajstić information content (AvgIpc) is 2.78. The lowest BCUT2D eigenvalue weighted by Crippen LogP contribution is -2.41. The van der Waals surface area contributed by atoms with Crippen molar-refractivity contribution in [2.24, 2.45) is 0 Å². The lowest BCUT2D eigenvalue weighted by atomic mass is 9.80. The highest BCUT2D eigenvalue weighted by atomic mass is 16.7. The molecule has 0 saturated carbocycles. The van der Waals surface area contributed by atoms with Crippen LogP contribution in [0.1, 0.15) is 33.4 Å². The van der Waals surface area contributed by atoms with Crippen LogP contribution in [0.3, 0.4) is 0 Å². The summed E-state index contributed by atoms with van der Waals surface area (Å²) in [6.07, 6.45) is 3.88. The fourth-order valence-corrected chi connectivity index (χ4v) is 2.25. The van der Waals surface area contributed by atoms with Crippen molar-refractivity contribution in [2.45, 2.75) is 45.8 Å². The summed E-state index contributed by atoms with van der Waals surface area (Å²) in [7, 11) is -0.327. The number of nitrogens with zero attached hydrogens (tertiary/aromatic N) is 2. The van der Waals surface area contributed by atoms with Crippen LogP contribution < -0.4 is 5.46 Å². The fourth-order valence-electron chi connectivity index (χ4n) is 2.25. The van der Waals surface area contributed by atoms with Crippen molar-refractivity contribution < 1.29 is 9.31 Å². The third-order valence-electron chi connectivity index (χ3n) is 4.25. The Morgan fingerprint density at radius 2 is 1.79 bits per heavy atom. The normalized spacial score (nSPS) is 21.2. The predicted molar refractivity (Wildman–Crippen MR) is 75.6 cm³/mol. The van der Waals surface area contributed by atoms with Crippen molar-refractivity contribution in [1.82, 2.24) is 9.38 Å². The van der Waals surface area contributed by atoms with Gasteiger partial charge in [-0.1, -0.05) is 0 Å². The highest BCUT2D eigenvalue weighted by Crippen LogP contribution is 2.36. The number of hydrogen-bond donors (Lipinski definition) is 0. The van der Waals surface area contributed by atoms with E-state index in [1.54, 1.807) is 0 Å². The van der Waals surface area contributed by atoms with E-state index in [2.05, 4.69) is 37.1 Å². The molecular weight excluding hydrogens is 239 g/mol. The molecule has 0 aliphatic carbocycles. The molecule has 0 bridgehead atoms. The third-order valence-corrected chi connectivity index (χ3v) is 4.25. The van der Waals surface area contributed by atoms with Gasteiger partial charge in [-0.05, 0) is 52.2 Å². The Morgan fingerprint density at radius 3 is 2.42 bits per heavy atom. The Labute approximate surface area is 113 Å². The van der Waals surface area contributed by atoms with Crippen LogP contribution in [0.25, 0.3) is 5.65 Å². The topological polar surface area (TPSA) is 35.8 Å². The van der Waals surface area contributed by atoms with Crippen LogP contribution in [0.4, 0.5) is 0 Å². The van der Waals surface area contributed by atoms with Crippen molar-refractivity contribution in [3.05, 3.63) is 30.2 Å². The lowest BCUT2D eigenvalue weighted by molar-refractivity contribution is 0.00578. The SMILES string of the molecule is Cc1cnc2cc(B3OC(C)(C)C(C)(C)O3)ccn12. The molecule has 2 aromatic rings. The van der Waals surface area contributed by atoms with E-state index in [1.165, 1.54) is 0 Å². The van der Waals surface area contributed by atoms with Crippen molar-refractivity contribution in [3.8, 4) is 0 Å². The van der Waals surface area contributed by atoms with E-state index in [1.807, 2.05) is 31.5 Å². The van der Waals surface area contributed by atoms with E-state index in [0.29, 0.717) is 0 Å². The predicted octanol–water partition coefficient (Wildman–Crippen LogP) is 1.94. The van der Waals surface area contributed by atoms with Gasteiger partial charge < -0.3 is 13.7 Å². The Bertz CT molecular complexity index is 617. The number of rotatable bonds is 1. The molecular formula is C14H19BN2O2. The molecule has 1 aliphatic rings. The Morgan fingerprint density at radius 1 is 1.16 bits per heavy atom. The molecule has 19 heavy (non-hydrogen) atoms. The van der Waals surface area contributed by atoms with Crippen molar-refractivity contribution >= 4 is 18.2 Å². The van der Waals surface area contributed by atoms with E-state index in [-0.39, 0.29) is 18.3 Å². The van der Waals surface area contributed by atoms with E-state index < -0.39 is 0 Å². The van der Waals surface area contributed by atoms with Gasteiger partial charge in [0, 0.05) is 18.1 Å². The zero-order chi connectivity index (χ0) is 13.8. The second-order valence-electron chi connectivity index (χ2n) is 6.18. The maximum Gasteiger partial charge on any atom is 0.495 e. The maximum atomic E-state index is 6.05. The van der Waals surface area contributed by atoms with Gasteiger partial charge in [0.2, 0.25) is 0 Å². The monoisotopic (exact) mass is 258 g/mol. The van der Waals surface area contributed by atoms with Gasteiger partial charge in [0.1, 0.15) is 5.65 Å². The molecule has 0 spiro atoms. The highest BCUT2D eigenvalue weighted by Gasteiger charge is 2.51. The Kier molecular flexibility index (Phi) is 2.56. The summed E-state index contributed by atoms with van der Waals surface area (Å²) in [6, 6.07) is 4.05.